The summed E-state index contributed by atoms with van der Waals surface area (Å²) in [5.74, 6) is 0. The highest BCUT2D eigenvalue weighted by molar-refractivity contribution is 9.09. The van der Waals surface area contributed by atoms with E-state index in [1.165, 1.54) is 0 Å². The first kappa shape index (κ1) is 20.0. The van der Waals surface area contributed by atoms with Crippen LogP contribution in [-0.2, 0) is 0 Å². The van der Waals surface area contributed by atoms with Crippen LogP contribution in [0.4, 0.5) is 0 Å². The van der Waals surface area contributed by atoms with E-state index in [2.05, 4.69) is 50.2 Å². The zero-order valence-electron chi connectivity index (χ0n) is 15.7. The fourth-order valence-electron chi connectivity index (χ4n) is 2.55. The van der Waals surface area contributed by atoms with Crippen molar-refractivity contribution in [1.29, 1.82) is 0 Å². The molecule has 2 aromatic carbocycles. The molecule has 0 saturated heterocycles. The number of hydrogen-bond donors (Lipinski definition) is 0. The fourth-order valence-corrected chi connectivity index (χ4v) is 2.95. The van der Waals surface area contributed by atoms with E-state index in [-0.39, 0.29) is 0 Å². The number of hydrogen-bond acceptors (Lipinski definition) is 3. The van der Waals surface area contributed by atoms with Crippen LogP contribution in [0.1, 0.15) is 35.4 Å². The molecule has 0 aliphatic heterocycles. The summed E-state index contributed by atoms with van der Waals surface area (Å²) < 4.78 is 5.78. The third-order valence-electron chi connectivity index (χ3n) is 4.00. The van der Waals surface area contributed by atoms with Crippen molar-refractivity contribution in [3.63, 3.8) is 0 Å². The molecule has 0 saturated carbocycles. The normalized spacial score (nSPS) is 11.3. The second kappa shape index (κ2) is 11.2. The molecule has 0 unspecified atom stereocenters. The van der Waals surface area contributed by atoms with Gasteiger partial charge in [-0.15, -0.1) is 0 Å². The van der Waals surface area contributed by atoms with Gasteiger partial charge in [0, 0.05) is 5.33 Å². The van der Waals surface area contributed by atoms with Gasteiger partial charge in [-0.05, 0) is 42.2 Å². The van der Waals surface area contributed by atoms with Gasteiger partial charge < -0.3 is 4.74 Å². The Morgan fingerprint density at radius 2 is 1.25 bits per heavy atom. The third-order valence-corrected chi connectivity index (χ3v) is 4.56. The van der Waals surface area contributed by atoms with Crippen LogP contribution in [0.15, 0.2) is 66.7 Å². The second-order valence-corrected chi connectivity index (χ2v) is 7.03. The quantitative estimate of drug-likeness (QED) is 0.289. The molecule has 0 N–H and O–H groups in total. The Morgan fingerprint density at radius 3 is 1.75 bits per heavy atom. The highest BCUT2D eigenvalue weighted by atomic mass is 79.9. The maximum Gasteiger partial charge on any atom is 0.317 e. The molecule has 28 heavy (non-hydrogen) atoms. The van der Waals surface area contributed by atoms with Gasteiger partial charge in [0.2, 0.25) is 0 Å². The first-order valence-corrected chi connectivity index (χ1v) is 10.5. The Kier molecular flexibility index (Phi) is 8.01. The first-order valence-electron chi connectivity index (χ1n) is 9.37. The lowest BCUT2D eigenvalue weighted by Gasteiger charge is -2.06. The van der Waals surface area contributed by atoms with Crippen molar-refractivity contribution in [1.82, 2.24) is 9.97 Å². The maximum atomic E-state index is 5.78. The molecule has 1 aromatic heterocycles. The number of alkyl halides is 1. The summed E-state index contributed by atoms with van der Waals surface area (Å²) in [5.41, 5.74) is 3.90. The van der Waals surface area contributed by atoms with E-state index in [4.69, 9.17) is 4.74 Å². The summed E-state index contributed by atoms with van der Waals surface area (Å²) >= 11 is 3.44. The number of nitrogens with zero attached hydrogens (tertiary/aromatic N) is 2. The monoisotopic (exact) mass is 434 g/mol. The number of ether oxygens (including phenoxy) is 1. The Labute approximate surface area is 175 Å². The van der Waals surface area contributed by atoms with Gasteiger partial charge >= 0.3 is 6.01 Å². The summed E-state index contributed by atoms with van der Waals surface area (Å²) in [6.45, 7) is 0.610. The van der Waals surface area contributed by atoms with Crippen LogP contribution in [0.3, 0.4) is 0 Å². The van der Waals surface area contributed by atoms with E-state index in [0.29, 0.717) is 12.6 Å². The molecule has 3 nitrogen and oxygen atoms in total. The van der Waals surface area contributed by atoms with Crippen LogP contribution in [0, 0.1) is 0 Å². The van der Waals surface area contributed by atoms with Crippen LogP contribution >= 0.6 is 15.9 Å². The lowest BCUT2D eigenvalue weighted by Crippen LogP contribution is -2.03. The Balaban J connectivity index is 1.80. The molecule has 142 valence electrons. The smallest absolute Gasteiger partial charge is 0.317 e. The number of unbranched alkanes of at least 4 members (excludes halogenated alkanes) is 1. The SMILES string of the molecule is BrCCCCOc1nc(/C=C/c2ccccc2)cc(/C=C/c2ccccc2)n1. The van der Waals surface area contributed by atoms with Gasteiger partial charge in [0.1, 0.15) is 0 Å². The van der Waals surface area contributed by atoms with E-state index in [9.17, 15) is 0 Å². The minimum absolute atomic E-state index is 0.414. The minimum atomic E-state index is 0.414. The molecule has 0 fully saturated rings. The zero-order chi connectivity index (χ0) is 19.4. The van der Waals surface area contributed by atoms with Crippen molar-refractivity contribution < 1.29 is 4.74 Å². The molecule has 0 aliphatic rings. The summed E-state index contributed by atoms with van der Waals surface area (Å²) in [6, 6.07) is 22.7. The molecule has 4 heteroatoms. The molecule has 0 spiro atoms. The van der Waals surface area contributed by atoms with E-state index in [1.807, 2.05) is 66.8 Å². The third kappa shape index (κ3) is 6.78. The van der Waals surface area contributed by atoms with Gasteiger partial charge in [-0.25, -0.2) is 0 Å². The van der Waals surface area contributed by atoms with Crippen molar-refractivity contribution in [2.75, 3.05) is 11.9 Å². The van der Waals surface area contributed by atoms with Crippen LogP contribution in [0.2, 0.25) is 0 Å². The molecular weight excluding hydrogens is 412 g/mol. The fraction of sp³-hybridized carbons (Fsp3) is 0.167. The molecule has 0 atom stereocenters. The largest absolute Gasteiger partial charge is 0.463 e. The predicted molar refractivity (Wildman–Crippen MR) is 121 cm³/mol. The van der Waals surface area contributed by atoms with E-state index in [0.717, 1.165) is 40.7 Å². The Morgan fingerprint density at radius 1 is 0.714 bits per heavy atom. The van der Waals surface area contributed by atoms with E-state index < -0.39 is 0 Å². The van der Waals surface area contributed by atoms with Gasteiger partial charge in [0.05, 0.1) is 18.0 Å². The molecule has 0 radical (unpaired) electrons. The van der Waals surface area contributed by atoms with Crippen molar-refractivity contribution in [2.45, 2.75) is 12.8 Å². The first-order chi connectivity index (χ1) is 13.8. The topological polar surface area (TPSA) is 35.0 Å². The van der Waals surface area contributed by atoms with Crippen molar-refractivity contribution in [3.05, 3.63) is 89.2 Å². The van der Waals surface area contributed by atoms with Gasteiger partial charge in [-0.1, -0.05) is 88.7 Å². The minimum Gasteiger partial charge on any atom is -0.463 e. The van der Waals surface area contributed by atoms with Crippen LogP contribution < -0.4 is 4.74 Å². The molecule has 3 aromatic rings. The summed E-state index contributed by atoms with van der Waals surface area (Å²) in [4.78, 5) is 9.07. The standard InChI is InChI=1S/C24H23BrN2O/c25-17-7-8-18-28-24-26-22(15-13-20-9-3-1-4-10-20)19-23(27-24)16-14-21-11-5-2-6-12-21/h1-6,9-16,19H,7-8,17-18H2/b15-13+,16-14+. The van der Waals surface area contributed by atoms with Crippen LogP contribution in [0.5, 0.6) is 6.01 Å². The zero-order valence-corrected chi connectivity index (χ0v) is 17.3. The average Bonchev–Trinajstić information content (AvgIpc) is 2.75. The number of benzene rings is 2. The maximum absolute atomic E-state index is 5.78. The average molecular weight is 435 g/mol. The van der Waals surface area contributed by atoms with Crippen LogP contribution in [0.25, 0.3) is 24.3 Å². The highest BCUT2D eigenvalue weighted by Gasteiger charge is 2.03. The van der Waals surface area contributed by atoms with Gasteiger partial charge in [-0.3, -0.25) is 0 Å². The Bertz CT molecular complexity index is 841. The number of halogens is 1. The summed E-state index contributed by atoms with van der Waals surface area (Å²) in [7, 11) is 0. The van der Waals surface area contributed by atoms with Gasteiger partial charge in [0.25, 0.3) is 0 Å². The molecule has 3 rings (SSSR count). The summed E-state index contributed by atoms with van der Waals surface area (Å²) in [6.07, 6.45) is 10.1. The molecular formula is C24H23BrN2O. The van der Waals surface area contributed by atoms with E-state index in [1.54, 1.807) is 0 Å². The molecule has 0 aliphatic carbocycles. The van der Waals surface area contributed by atoms with Gasteiger partial charge in [0.15, 0.2) is 0 Å². The number of rotatable bonds is 9. The van der Waals surface area contributed by atoms with Crippen molar-refractivity contribution >= 4 is 40.2 Å². The van der Waals surface area contributed by atoms with Gasteiger partial charge in [-0.2, -0.15) is 9.97 Å². The van der Waals surface area contributed by atoms with Crippen molar-refractivity contribution in [2.24, 2.45) is 0 Å². The molecule has 0 amide bonds. The lowest BCUT2D eigenvalue weighted by atomic mass is 10.2. The predicted octanol–water partition coefficient (Wildman–Crippen LogP) is 6.37. The van der Waals surface area contributed by atoms with Crippen molar-refractivity contribution in [3.8, 4) is 6.01 Å². The second-order valence-electron chi connectivity index (χ2n) is 6.23. The molecule has 0 bridgehead atoms. The summed E-state index contributed by atoms with van der Waals surface area (Å²) in [5, 5.41) is 0.974. The Hall–Kier alpha value is -2.72. The van der Waals surface area contributed by atoms with Crippen LogP contribution in [-0.4, -0.2) is 21.9 Å². The van der Waals surface area contributed by atoms with E-state index >= 15 is 0 Å². The highest BCUT2D eigenvalue weighted by Crippen LogP contribution is 2.15. The molecule has 1 heterocycles. The number of aromatic nitrogens is 2. The lowest BCUT2D eigenvalue weighted by molar-refractivity contribution is 0.285.